The van der Waals surface area contributed by atoms with Gasteiger partial charge in [0, 0.05) is 23.7 Å². The Bertz CT molecular complexity index is 782. The van der Waals surface area contributed by atoms with Gasteiger partial charge >= 0.3 is 0 Å². The lowest BCUT2D eigenvalue weighted by atomic mass is 9.49. The molecule has 0 radical (unpaired) electrons. The molecule has 5 rings (SSSR count). The van der Waals surface area contributed by atoms with E-state index in [0.29, 0.717) is 29.1 Å². The number of hydrogen-bond donors (Lipinski definition) is 3. The molecule has 6 nitrogen and oxygen atoms in total. The van der Waals surface area contributed by atoms with Crippen molar-refractivity contribution < 1.29 is 14.4 Å². The molecule has 4 fully saturated rings. The summed E-state index contributed by atoms with van der Waals surface area (Å²) in [6.07, 6.45) is 6.84. The second kappa shape index (κ2) is 7.22. The highest BCUT2D eigenvalue weighted by Crippen LogP contribution is 2.60. The number of rotatable bonds is 5. The minimum atomic E-state index is -0.249. The van der Waals surface area contributed by atoms with Gasteiger partial charge in [-0.25, -0.2) is 0 Å². The van der Waals surface area contributed by atoms with Crippen LogP contribution in [0.4, 0.5) is 11.4 Å². The van der Waals surface area contributed by atoms with Gasteiger partial charge < -0.3 is 16.0 Å². The molecule has 1 aromatic rings. The lowest BCUT2D eigenvalue weighted by molar-refractivity contribution is -0.146. The molecular weight excluding hydrogens is 354 g/mol. The van der Waals surface area contributed by atoms with Gasteiger partial charge in [0.1, 0.15) is 0 Å². The van der Waals surface area contributed by atoms with Crippen molar-refractivity contribution in [1.29, 1.82) is 0 Å². The molecule has 3 amide bonds. The van der Waals surface area contributed by atoms with Crippen LogP contribution in [0, 0.1) is 30.1 Å². The fourth-order valence-corrected chi connectivity index (χ4v) is 5.97. The van der Waals surface area contributed by atoms with E-state index in [1.165, 1.54) is 26.2 Å². The minimum Gasteiger partial charge on any atom is -0.347 e. The second-order valence-corrected chi connectivity index (χ2v) is 9.14. The van der Waals surface area contributed by atoms with Gasteiger partial charge in [-0.2, -0.15) is 0 Å². The summed E-state index contributed by atoms with van der Waals surface area (Å²) in [7, 11) is 0. The van der Waals surface area contributed by atoms with Gasteiger partial charge in [0.2, 0.25) is 17.7 Å². The quantitative estimate of drug-likeness (QED) is 0.729. The Labute approximate surface area is 165 Å². The van der Waals surface area contributed by atoms with Crippen LogP contribution in [0.2, 0.25) is 0 Å². The number of nitrogens with one attached hydrogen (secondary N) is 3. The number of anilines is 2. The third kappa shape index (κ3) is 3.77. The van der Waals surface area contributed by atoms with Gasteiger partial charge in [0.05, 0.1) is 6.54 Å². The van der Waals surface area contributed by atoms with E-state index in [4.69, 9.17) is 0 Å². The van der Waals surface area contributed by atoms with Gasteiger partial charge in [-0.15, -0.1) is 0 Å². The highest BCUT2D eigenvalue weighted by atomic mass is 16.2. The summed E-state index contributed by atoms with van der Waals surface area (Å²) in [6.45, 7) is 3.31. The summed E-state index contributed by atoms with van der Waals surface area (Å²) < 4.78 is 0. The predicted molar refractivity (Wildman–Crippen MR) is 108 cm³/mol. The Balaban J connectivity index is 1.35. The molecule has 4 saturated carbocycles. The maximum atomic E-state index is 13.0. The molecule has 6 heteroatoms. The van der Waals surface area contributed by atoms with Crippen molar-refractivity contribution >= 4 is 29.1 Å². The maximum Gasteiger partial charge on any atom is 0.243 e. The minimum absolute atomic E-state index is 0.0234. The molecule has 150 valence electrons. The molecule has 0 unspecified atom stereocenters. The van der Waals surface area contributed by atoms with Crippen molar-refractivity contribution in [3.05, 3.63) is 23.8 Å². The van der Waals surface area contributed by atoms with Crippen molar-refractivity contribution in [2.45, 2.75) is 52.4 Å². The van der Waals surface area contributed by atoms with E-state index in [9.17, 15) is 14.4 Å². The highest BCUT2D eigenvalue weighted by Gasteiger charge is 2.54. The standard InChI is InChI=1S/C22H29N3O3/c1-13-3-4-18(24-14(2)26)8-19(13)25-20(27)12-23-21(28)22-9-15-5-16(10-22)7-17(6-15)11-22/h3-4,8,15-17H,5-7,9-12H2,1-2H3,(H,23,28)(H,24,26)(H,25,27). The molecule has 4 aliphatic rings. The van der Waals surface area contributed by atoms with Crippen LogP contribution in [0.5, 0.6) is 0 Å². The molecule has 0 aliphatic heterocycles. The molecule has 0 spiro atoms. The predicted octanol–water partition coefficient (Wildman–Crippen LogP) is 3.22. The molecule has 0 aromatic heterocycles. The Morgan fingerprint density at radius 1 is 1.00 bits per heavy atom. The number of aryl methyl sites for hydroxylation is 1. The van der Waals surface area contributed by atoms with Gasteiger partial charge in [0.15, 0.2) is 0 Å². The fourth-order valence-electron chi connectivity index (χ4n) is 5.97. The first-order valence-corrected chi connectivity index (χ1v) is 10.3. The van der Waals surface area contributed by atoms with Crippen molar-refractivity contribution in [3.63, 3.8) is 0 Å². The molecule has 0 saturated heterocycles. The molecule has 0 atom stereocenters. The van der Waals surface area contributed by atoms with E-state index in [0.717, 1.165) is 24.8 Å². The first kappa shape index (κ1) is 19.0. The average Bonchev–Trinajstić information content (AvgIpc) is 2.61. The molecule has 4 aliphatic carbocycles. The van der Waals surface area contributed by atoms with Crippen molar-refractivity contribution in [2.24, 2.45) is 23.2 Å². The normalized spacial score (nSPS) is 30.0. The summed E-state index contributed by atoms with van der Waals surface area (Å²) in [5.41, 5.74) is 1.93. The average molecular weight is 383 g/mol. The first-order valence-electron chi connectivity index (χ1n) is 10.3. The molecule has 0 heterocycles. The molecular formula is C22H29N3O3. The van der Waals surface area contributed by atoms with Crippen LogP contribution in [0.3, 0.4) is 0 Å². The van der Waals surface area contributed by atoms with Crippen molar-refractivity contribution in [3.8, 4) is 0 Å². The van der Waals surface area contributed by atoms with Crippen LogP contribution in [0.1, 0.15) is 51.0 Å². The van der Waals surface area contributed by atoms with E-state index in [1.807, 2.05) is 13.0 Å². The topological polar surface area (TPSA) is 87.3 Å². The zero-order valence-corrected chi connectivity index (χ0v) is 16.6. The number of carbonyl (C=O) groups is 3. The van der Waals surface area contributed by atoms with E-state index in [2.05, 4.69) is 16.0 Å². The highest BCUT2D eigenvalue weighted by molar-refractivity contribution is 5.97. The summed E-state index contributed by atoms with van der Waals surface area (Å²) in [5, 5.41) is 8.46. The Morgan fingerprint density at radius 3 is 2.18 bits per heavy atom. The molecule has 1 aromatic carbocycles. The van der Waals surface area contributed by atoms with Gasteiger partial charge in [-0.05, 0) is 80.9 Å². The first-order chi connectivity index (χ1) is 13.3. The van der Waals surface area contributed by atoms with E-state index >= 15 is 0 Å². The summed E-state index contributed by atoms with van der Waals surface area (Å²) in [4.78, 5) is 36.6. The van der Waals surface area contributed by atoms with Crippen LogP contribution in [0.15, 0.2) is 18.2 Å². The van der Waals surface area contributed by atoms with Crippen LogP contribution in [-0.4, -0.2) is 24.3 Å². The zero-order valence-electron chi connectivity index (χ0n) is 16.6. The second-order valence-electron chi connectivity index (χ2n) is 9.14. The Hall–Kier alpha value is -2.37. The van der Waals surface area contributed by atoms with Gasteiger partial charge in [0.25, 0.3) is 0 Å². The number of benzene rings is 1. The molecule has 28 heavy (non-hydrogen) atoms. The number of hydrogen-bond acceptors (Lipinski definition) is 3. The smallest absolute Gasteiger partial charge is 0.243 e. The SMILES string of the molecule is CC(=O)Nc1ccc(C)c(NC(=O)CNC(=O)C23CC4CC(CC(C4)C2)C3)c1. The lowest BCUT2D eigenvalue weighted by Crippen LogP contribution is -2.54. The van der Waals surface area contributed by atoms with Crippen molar-refractivity contribution in [2.75, 3.05) is 17.2 Å². The molecule has 3 N–H and O–H groups in total. The number of amides is 3. The maximum absolute atomic E-state index is 13.0. The van der Waals surface area contributed by atoms with Crippen LogP contribution >= 0.6 is 0 Å². The van der Waals surface area contributed by atoms with Crippen LogP contribution in [0.25, 0.3) is 0 Å². The lowest BCUT2D eigenvalue weighted by Gasteiger charge is -2.55. The van der Waals surface area contributed by atoms with E-state index in [1.54, 1.807) is 12.1 Å². The van der Waals surface area contributed by atoms with Crippen LogP contribution < -0.4 is 16.0 Å². The zero-order chi connectivity index (χ0) is 19.9. The third-order valence-corrected chi connectivity index (χ3v) is 6.76. The van der Waals surface area contributed by atoms with Crippen molar-refractivity contribution in [1.82, 2.24) is 5.32 Å². The van der Waals surface area contributed by atoms with Crippen LogP contribution in [-0.2, 0) is 14.4 Å². The van der Waals surface area contributed by atoms with Gasteiger partial charge in [-0.3, -0.25) is 14.4 Å². The largest absolute Gasteiger partial charge is 0.347 e. The summed E-state index contributed by atoms with van der Waals surface area (Å²) in [6, 6.07) is 5.37. The molecule has 4 bridgehead atoms. The Kier molecular flexibility index (Phi) is 4.89. The van der Waals surface area contributed by atoms with Gasteiger partial charge in [-0.1, -0.05) is 6.07 Å². The third-order valence-electron chi connectivity index (χ3n) is 6.76. The van der Waals surface area contributed by atoms with E-state index < -0.39 is 0 Å². The fraction of sp³-hybridized carbons (Fsp3) is 0.591. The van der Waals surface area contributed by atoms with E-state index in [-0.39, 0.29) is 29.7 Å². The number of carbonyl (C=O) groups excluding carboxylic acids is 3. The monoisotopic (exact) mass is 383 g/mol. The summed E-state index contributed by atoms with van der Waals surface area (Å²) >= 11 is 0. The Morgan fingerprint density at radius 2 is 1.61 bits per heavy atom. The summed E-state index contributed by atoms with van der Waals surface area (Å²) in [5.74, 6) is 1.75.